The number of ether oxygens (including phenoxy) is 1. The van der Waals surface area contributed by atoms with E-state index in [0.717, 1.165) is 18.7 Å². The number of hydrogen-bond acceptors (Lipinski definition) is 4. The third-order valence-electron chi connectivity index (χ3n) is 6.85. The van der Waals surface area contributed by atoms with Crippen molar-refractivity contribution in [2.45, 2.75) is 57.7 Å². The Morgan fingerprint density at radius 3 is 2.03 bits per heavy atom. The van der Waals surface area contributed by atoms with Crippen LogP contribution < -0.4 is 4.74 Å². The van der Waals surface area contributed by atoms with Crippen molar-refractivity contribution in [3.63, 3.8) is 0 Å². The van der Waals surface area contributed by atoms with Crippen molar-refractivity contribution in [3.8, 4) is 5.75 Å². The second-order valence-electron chi connectivity index (χ2n) is 9.36. The van der Waals surface area contributed by atoms with E-state index in [-0.39, 0.29) is 0 Å². The molecule has 1 saturated carbocycles. The van der Waals surface area contributed by atoms with E-state index in [2.05, 4.69) is 29.2 Å². The molecule has 1 spiro atoms. The smallest absolute Gasteiger partial charge is 0.490 e. The molecular formula is C24H35F3N2O4. The Balaban J connectivity index is 0.000000479. The Kier molecular flexibility index (Phi) is 9.57. The molecule has 1 aromatic carbocycles. The molecule has 1 heterocycles. The fraction of sp³-hybridized carbons (Fsp3) is 0.667. The van der Waals surface area contributed by atoms with Gasteiger partial charge in [-0.3, -0.25) is 9.69 Å². The highest BCUT2D eigenvalue weighted by Gasteiger charge is 2.39. The summed E-state index contributed by atoms with van der Waals surface area (Å²) in [5.41, 5.74) is 1.92. The molecule has 0 atom stereocenters. The van der Waals surface area contributed by atoms with Gasteiger partial charge in [0.15, 0.2) is 0 Å². The number of alkyl halides is 3. The van der Waals surface area contributed by atoms with Gasteiger partial charge in [0.25, 0.3) is 0 Å². The van der Waals surface area contributed by atoms with Gasteiger partial charge in [0.05, 0.1) is 7.11 Å². The van der Waals surface area contributed by atoms with Crippen LogP contribution in [-0.2, 0) is 16.1 Å². The molecule has 1 aromatic rings. The van der Waals surface area contributed by atoms with Crippen LogP contribution >= 0.6 is 0 Å². The Morgan fingerprint density at radius 2 is 1.61 bits per heavy atom. The molecule has 0 unspecified atom stereocenters. The van der Waals surface area contributed by atoms with Gasteiger partial charge in [-0.1, -0.05) is 12.1 Å². The molecule has 2 aliphatic rings. The number of carboxylic acids is 1. The van der Waals surface area contributed by atoms with Gasteiger partial charge in [0, 0.05) is 27.1 Å². The summed E-state index contributed by atoms with van der Waals surface area (Å²) in [4.78, 5) is 25.2. The number of carboxylic acid groups (broad SMARTS) is 1. The number of methoxy groups -OCH3 is 1. The lowest BCUT2D eigenvalue weighted by atomic mass is 9.65. The van der Waals surface area contributed by atoms with Crippen molar-refractivity contribution in [2.24, 2.45) is 11.3 Å². The quantitative estimate of drug-likeness (QED) is 0.679. The Bertz CT molecular complexity index is 763. The fourth-order valence-corrected chi connectivity index (χ4v) is 4.60. The first-order valence-electron chi connectivity index (χ1n) is 11.3. The topological polar surface area (TPSA) is 70.1 Å². The number of nitrogens with zero attached hydrogens (tertiary/aromatic N) is 2. The molecule has 0 aromatic heterocycles. The van der Waals surface area contributed by atoms with E-state index >= 15 is 0 Å². The molecular weight excluding hydrogens is 437 g/mol. The Labute approximate surface area is 193 Å². The normalized spacial score (nSPS) is 18.8. The van der Waals surface area contributed by atoms with Gasteiger partial charge in [0.1, 0.15) is 5.75 Å². The van der Waals surface area contributed by atoms with Crippen molar-refractivity contribution in [3.05, 3.63) is 29.8 Å². The maximum atomic E-state index is 11.9. The van der Waals surface area contributed by atoms with E-state index in [1.807, 2.05) is 14.1 Å². The molecule has 1 saturated heterocycles. The molecule has 6 nitrogen and oxygen atoms in total. The molecule has 2 fully saturated rings. The van der Waals surface area contributed by atoms with Crippen LogP contribution in [0.5, 0.6) is 5.75 Å². The summed E-state index contributed by atoms with van der Waals surface area (Å²) in [5, 5.41) is 7.12. The number of hydrogen-bond donors (Lipinski definition) is 1. The van der Waals surface area contributed by atoms with Crippen LogP contribution in [0.2, 0.25) is 0 Å². The van der Waals surface area contributed by atoms with Crippen LogP contribution in [-0.4, -0.2) is 67.3 Å². The zero-order valence-electron chi connectivity index (χ0n) is 19.7. The van der Waals surface area contributed by atoms with Crippen LogP contribution in [0.25, 0.3) is 0 Å². The average molecular weight is 473 g/mol. The van der Waals surface area contributed by atoms with Crippen LogP contribution in [0.15, 0.2) is 24.3 Å². The van der Waals surface area contributed by atoms with Gasteiger partial charge in [-0.15, -0.1) is 0 Å². The highest BCUT2D eigenvalue weighted by Crippen LogP contribution is 2.47. The monoisotopic (exact) mass is 472 g/mol. The zero-order chi connectivity index (χ0) is 24.6. The van der Waals surface area contributed by atoms with E-state index in [1.165, 1.54) is 57.2 Å². The lowest BCUT2D eigenvalue weighted by Crippen LogP contribution is -2.41. The SMILES string of the molecule is COc1ccc(CN2CCC3(CCC(CC(=O)N(C)C)CC3)CC2)cc1.O=C(O)C(F)(F)F. The Morgan fingerprint density at radius 1 is 1.09 bits per heavy atom. The maximum absolute atomic E-state index is 11.9. The summed E-state index contributed by atoms with van der Waals surface area (Å²) < 4.78 is 37.0. The fourth-order valence-electron chi connectivity index (χ4n) is 4.60. The highest BCUT2D eigenvalue weighted by molar-refractivity contribution is 5.75. The first-order valence-corrected chi connectivity index (χ1v) is 11.3. The van der Waals surface area contributed by atoms with E-state index in [4.69, 9.17) is 14.6 Å². The first-order chi connectivity index (χ1) is 15.4. The third-order valence-corrected chi connectivity index (χ3v) is 6.85. The van der Waals surface area contributed by atoms with Gasteiger partial charge in [-0.25, -0.2) is 4.79 Å². The van der Waals surface area contributed by atoms with Gasteiger partial charge >= 0.3 is 12.1 Å². The van der Waals surface area contributed by atoms with E-state index in [9.17, 15) is 18.0 Å². The van der Waals surface area contributed by atoms with Crippen molar-refractivity contribution in [1.29, 1.82) is 0 Å². The van der Waals surface area contributed by atoms with Crippen LogP contribution in [0.4, 0.5) is 13.2 Å². The third kappa shape index (κ3) is 8.53. The highest BCUT2D eigenvalue weighted by atomic mass is 19.4. The number of aliphatic carboxylic acids is 1. The molecule has 1 aliphatic carbocycles. The molecule has 0 radical (unpaired) electrons. The van der Waals surface area contributed by atoms with Gasteiger partial charge in [-0.2, -0.15) is 13.2 Å². The second kappa shape index (κ2) is 11.7. The van der Waals surface area contributed by atoms with Crippen LogP contribution in [0, 0.1) is 11.3 Å². The lowest BCUT2D eigenvalue weighted by Gasteiger charge is -2.46. The molecule has 1 aliphatic heterocycles. The first kappa shape index (κ1) is 27.0. The molecule has 1 amide bonds. The zero-order valence-corrected chi connectivity index (χ0v) is 19.7. The van der Waals surface area contributed by atoms with E-state index < -0.39 is 12.1 Å². The molecule has 33 heavy (non-hydrogen) atoms. The summed E-state index contributed by atoms with van der Waals surface area (Å²) in [6.07, 6.45) is 3.39. The van der Waals surface area contributed by atoms with E-state index in [0.29, 0.717) is 17.2 Å². The summed E-state index contributed by atoms with van der Waals surface area (Å²) in [6, 6.07) is 8.46. The number of benzene rings is 1. The van der Waals surface area contributed by atoms with Crippen molar-refractivity contribution in [2.75, 3.05) is 34.3 Å². The summed E-state index contributed by atoms with van der Waals surface area (Å²) >= 11 is 0. The molecule has 3 rings (SSSR count). The predicted molar refractivity (Wildman–Crippen MR) is 119 cm³/mol. The standard InChI is InChI=1S/C22H34N2O2.C2HF3O2/c1-23(2)21(25)16-18-8-10-22(11-9-18)12-14-24(15-13-22)17-19-4-6-20(26-3)7-5-19;3-2(4,5)1(6)7/h4-7,18H,8-17H2,1-3H3;(H,6,7). The summed E-state index contributed by atoms with van der Waals surface area (Å²) in [6.45, 7) is 3.45. The number of amides is 1. The minimum Gasteiger partial charge on any atom is -0.497 e. The van der Waals surface area contributed by atoms with Crippen molar-refractivity contribution < 1.29 is 32.6 Å². The second-order valence-corrected chi connectivity index (χ2v) is 9.36. The Hall–Kier alpha value is -2.29. The maximum Gasteiger partial charge on any atom is 0.490 e. The largest absolute Gasteiger partial charge is 0.497 e. The number of piperidine rings is 1. The number of carbonyl (C=O) groups excluding carboxylic acids is 1. The summed E-state index contributed by atoms with van der Waals surface area (Å²) in [5.74, 6) is -0.934. The van der Waals surface area contributed by atoms with Gasteiger partial charge in [0.2, 0.25) is 5.91 Å². The van der Waals surface area contributed by atoms with Crippen LogP contribution in [0.3, 0.4) is 0 Å². The van der Waals surface area contributed by atoms with Crippen molar-refractivity contribution in [1.82, 2.24) is 9.80 Å². The predicted octanol–water partition coefficient (Wildman–Crippen LogP) is 4.58. The molecule has 1 N–H and O–H groups in total. The minimum atomic E-state index is -5.08. The number of likely N-dealkylation sites (tertiary alicyclic amines) is 1. The average Bonchev–Trinajstić information content (AvgIpc) is 2.77. The van der Waals surface area contributed by atoms with Gasteiger partial charge in [-0.05, 0) is 80.6 Å². The lowest BCUT2D eigenvalue weighted by molar-refractivity contribution is -0.192. The molecule has 186 valence electrons. The van der Waals surface area contributed by atoms with Gasteiger partial charge < -0.3 is 14.7 Å². The summed E-state index contributed by atoms with van der Waals surface area (Å²) in [7, 11) is 5.45. The number of rotatable bonds is 5. The van der Waals surface area contributed by atoms with Crippen molar-refractivity contribution >= 4 is 11.9 Å². The molecule has 0 bridgehead atoms. The number of carbonyl (C=O) groups is 2. The number of halogens is 3. The van der Waals surface area contributed by atoms with Crippen LogP contribution in [0.1, 0.15) is 50.5 Å². The van der Waals surface area contributed by atoms with E-state index in [1.54, 1.807) is 12.0 Å². The minimum absolute atomic E-state index is 0.292. The molecule has 9 heteroatoms.